The molecule has 2 heterocycles. The minimum Gasteiger partial charge on any atom is -0.370 e. The first kappa shape index (κ1) is 39.6. The average Bonchev–Trinajstić information content (AvgIpc) is 3.69. The number of nitrogens with two attached hydrogens (primary N) is 3. The topological polar surface area (TPSA) is 153 Å². The van der Waals surface area contributed by atoms with E-state index in [0.717, 1.165) is 66.5 Å². The van der Waals surface area contributed by atoms with Crippen LogP contribution in [0.1, 0.15) is 109 Å². The second kappa shape index (κ2) is 15.6. The van der Waals surface area contributed by atoms with Crippen molar-refractivity contribution in [2.75, 3.05) is 13.1 Å². The van der Waals surface area contributed by atoms with E-state index in [1.54, 1.807) is 4.57 Å². The molecule has 0 radical (unpaired) electrons. The summed E-state index contributed by atoms with van der Waals surface area (Å²) in [5.74, 6) is 0.133. The third-order valence-electron chi connectivity index (χ3n) is 9.17. The lowest BCUT2D eigenvalue weighted by molar-refractivity contribution is -0.137. The van der Waals surface area contributed by atoms with Crippen LogP contribution >= 0.6 is 0 Å². The quantitative estimate of drug-likeness (QED) is 0.0648. The van der Waals surface area contributed by atoms with Gasteiger partial charge in [-0.3, -0.25) is 9.56 Å². The summed E-state index contributed by atoms with van der Waals surface area (Å²) < 4.78 is 40.5. The largest absolute Gasteiger partial charge is 0.416 e. The summed E-state index contributed by atoms with van der Waals surface area (Å²) in [7, 11) is 0. The van der Waals surface area contributed by atoms with Gasteiger partial charge in [0.2, 0.25) is 0 Å². The molecule has 4 aromatic rings. The Morgan fingerprint density at radius 3 is 2.18 bits per heavy atom. The van der Waals surface area contributed by atoms with Crippen molar-refractivity contribution < 1.29 is 13.2 Å². The molecule has 0 bridgehead atoms. The zero-order chi connectivity index (χ0) is 37.8. The molecule has 1 saturated carbocycles. The zero-order valence-electron chi connectivity index (χ0n) is 31.0. The van der Waals surface area contributed by atoms with Gasteiger partial charge in [-0.25, -0.2) is 4.79 Å². The van der Waals surface area contributed by atoms with Crippen LogP contribution in [-0.2, 0) is 29.0 Å². The van der Waals surface area contributed by atoms with Gasteiger partial charge in [-0.05, 0) is 104 Å². The van der Waals surface area contributed by atoms with E-state index in [4.69, 9.17) is 17.2 Å². The predicted molar refractivity (Wildman–Crippen MR) is 201 cm³/mol. The van der Waals surface area contributed by atoms with Crippen LogP contribution in [0.25, 0.3) is 16.7 Å². The Bertz CT molecular complexity index is 1820. The van der Waals surface area contributed by atoms with Gasteiger partial charge in [0.05, 0.1) is 11.3 Å². The Balaban J connectivity index is 0.000000253. The number of benzene rings is 2. The number of alkyl halides is 3. The van der Waals surface area contributed by atoms with Gasteiger partial charge >= 0.3 is 11.9 Å². The van der Waals surface area contributed by atoms with Gasteiger partial charge in [0, 0.05) is 40.8 Å². The highest BCUT2D eigenvalue weighted by atomic mass is 19.4. The summed E-state index contributed by atoms with van der Waals surface area (Å²) in [5, 5.41) is 4.56. The number of halogens is 3. The first-order chi connectivity index (χ1) is 23.7. The number of aryl methyl sites for hydroxylation is 1. The number of hydrogen-bond donors (Lipinski definition) is 5. The summed E-state index contributed by atoms with van der Waals surface area (Å²) in [6.07, 6.45) is 2.91. The number of nitrogens with zero attached hydrogens (tertiary/aromatic N) is 3. The lowest BCUT2D eigenvalue weighted by Crippen LogP contribution is -2.30. The van der Waals surface area contributed by atoms with E-state index in [0.29, 0.717) is 18.6 Å². The fourth-order valence-corrected chi connectivity index (χ4v) is 5.89. The van der Waals surface area contributed by atoms with Gasteiger partial charge in [-0.2, -0.15) is 18.2 Å². The van der Waals surface area contributed by atoms with Crippen LogP contribution < -0.4 is 28.2 Å². The van der Waals surface area contributed by atoms with Crippen molar-refractivity contribution in [3.63, 3.8) is 0 Å². The second-order valence-corrected chi connectivity index (χ2v) is 15.9. The standard InChI is InChI=1S/C23H31N7O.C16H24F3N/c1-22(2,3)18-13-15-14-30(21(31)29-19(15)28-18)17-7-5-16(6-8-17)23(9-10-23)27-12-4-11-26-20(24)25;1-11(20)6-5-7-12-8-13(15(2,3)4)10-14(9-12)16(17,18)19/h5-8,13-14,27H,4,9-12H2,1-3H3,(H4,24,25,26)(H,28,29,31);8-11H,5-7,20H2,1-4H3/t;11-/m.0/s1. The molecule has 1 fully saturated rings. The van der Waals surface area contributed by atoms with Crippen molar-refractivity contribution in [3.05, 3.63) is 93.2 Å². The molecule has 2 aromatic heterocycles. The molecule has 5 rings (SSSR count). The molecule has 9 nitrogen and oxygen atoms in total. The van der Waals surface area contributed by atoms with Crippen LogP contribution in [0.15, 0.2) is 64.5 Å². The molecule has 1 atom stereocenters. The lowest BCUT2D eigenvalue weighted by Gasteiger charge is -2.22. The number of aromatic nitrogens is 3. The minimum atomic E-state index is -4.29. The summed E-state index contributed by atoms with van der Waals surface area (Å²) in [4.78, 5) is 24.2. The molecule has 2 aromatic carbocycles. The van der Waals surface area contributed by atoms with E-state index in [9.17, 15) is 18.0 Å². The third-order valence-corrected chi connectivity index (χ3v) is 9.17. The number of hydrogen-bond acceptors (Lipinski definition) is 5. The van der Waals surface area contributed by atoms with Gasteiger partial charge in [0.1, 0.15) is 5.65 Å². The van der Waals surface area contributed by atoms with Crippen molar-refractivity contribution in [2.24, 2.45) is 22.2 Å². The summed E-state index contributed by atoms with van der Waals surface area (Å²) in [5.41, 5.74) is 20.4. The van der Waals surface area contributed by atoms with Gasteiger partial charge in [0.15, 0.2) is 5.96 Å². The van der Waals surface area contributed by atoms with Crippen molar-refractivity contribution >= 4 is 17.0 Å². The molecule has 0 unspecified atom stereocenters. The van der Waals surface area contributed by atoms with Crippen LogP contribution in [-0.4, -0.2) is 39.6 Å². The summed E-state index contributed by atoms with van der Waals surface area (Å²) in [6.45, 7) is 15.5. The summed E-state index contributed by atoms with van der Waals surface area (Å²) in [6, 6.07) is 14.7. The number of H-pyrrole nitrogens is 1. The number of aliphatic imine (C=N–C) groups is 1. The molecule has 8 N–H and O–H groups in total. The average molecular weight is 709 g/mol. The fourth-order valence-electron chi connectivity index (χ4n) is 5.89. The van der Waals surface area contributed by atoms with Gasteiger partial charge in [-0.1, -0.05) is 59.7 Å². The molecule has 0 spiro atoms. The molecule has 0 aliphatic heterocycles. The number of nitrogens with one attached hydrogen (secondary N) is 2. The highest BCUT2D eigenvalue weighted by molar-refractivity contribution is 5.76. The molecule has 51 heavy (non-hydrogen) atoms. The van der Waals surface area contributed by atoms with Crippen molar-refractivity contribution in [3.8, 4) is 5.69 Å². The first-order valence-corrected chi connectivity index (χ1v) is 17.7. The third kappa shape index (κ3) is 10.9. The van der Waals surface area contributed by atoms with E-state index in [-0.39, 0.29) is 34.1 Å². The first-order valence-electron chi connectivity index (χ1n) is 17.7. The van der Waals surface area contributed by atoms with Gasteiger partial charge in [-0.15, -0.1) is 0 Å². The Kier molecular flexibility index (Phi) is 12.1. The minimum absolute atomic E-state index is 0.0198. The Morgan fingerprint density at radius 1 is 0.980 bits per heavy atom. The number of fused-ring (bicyclic) bond motifs is 1. The predicted octanol–water partition coefficient (Wildman–Crippen LogP) is 6.93. The van der Waals surface area contributed by atoms with Crippen LogP contribution in [0.4, 0.5) is 13.2 Å². The van der Waals surface area contributed by atoms with E-state index in [1.165, 1.54) is 17.7 Å². The molecule has 12 heteroatoms. The summed E-state index contributed by atoms with van der Waals surface area (Å²) >= 11 is 0. The monoisotopic (exact) mass is 708 g/mol. The van der Waals surface area contributed by atoms with Crippen molar-refractivity contribution in [1.29, 1.82) is 0 Å². The normalized spacial score (nSPS) is 14.9. The Hall–Kier alpha value is -4.16. The Labute approximate surface area is 299 Å². The van der Waals surface area contributed by atoms with Gasteiger partial charge in [0.25, 0.3) is 0 Å². The molecule has 1 aliphatic rings. The van der Waals surface area contributed by atoms with Crippen molar-refractivity contribution in [2.45, 2.75) is 116 Å². The number of aromatic amines is 1. The number of rotatable bonds is 11. The SMILES string of the molecule is CC(C)(C)c1cc2cn(-c3ccc(C4(NCCCN=C(N)N)CC4)cc3)c(=O)nc2[nH]1.C[C@H](N)CCCc1cc(C(C)(C)C)cc(C(F)(F)F)c1. The van der Waals surface area contributed by atoms with E-state index >= 15 is 0 Å². The molecule has 0 saturated heterocycles. The van der Waals surface area contributed by atoms with E-state index < -0.39 is 11.7 Å². The molecule has 278 valence electrons. The molecule has 0 amide bonds. The maximum Gasteiger partial charge on any atom is 0.416 e. The van der Waals surface area contributed by atoms with Crippen LogP contribution in [0.2, 0.25) is 0 Å². The maximum atomic E-state index is 13.0. The molecular weight excluding hydrogens is 653 g/mol. The Morgan fingerprint density at radius 2 is 1.63 bits per heavy atom. The maximum absolute atomic E-state index is 13.0. The molecular formula is C39H55F3N8O. The van der Waals surface area contributed by atoms with Crippen molar-refractivity contribution in [1.82, 2.24) is 19.9 Å². The highest BCUT2D eigenvalue weighted by Crippen LogP contribution is 2.45. The van der Waals surface area contributed by atoms with Crippen LogP contribution in [0.5, 0.6) is 0 Å². The van der Waals surface area contributed by atoms with Crippen LogP contribution in [0.3, 0.4) is 0 Å². The van der Waals surface area contributed by atoms with E-state index in [2.05, 4.69) is 59.2 Å². The smallest absolute Gasteiger partial charge is 0.370 e. The van der Waals surface area contributed by atoms with Crippen LogP contribution in [0, 0.1) is 0 Å². The van der Waals surface area contributed by atoms with Gasteiger partial charge < -0.3 is 27.5 Å². The second-order valence-electron chi connectivity index (χ2n) is 15.9. The van der Waals surface area contributed by atoms with E-state index in [1.807, 2.05) is 52.1 Å². The lowest BCUT2D eigenvalue weighted by atomic mass is 9.84. The zero-order valence-corrected chi connectivity index (χ0v) is 31.0. The number of guanidine groups is 1. The highest BCUT2D eigenvalue weighted by Gasteiger charge is 2.43. The molecule has 1 aliphatic carbocycles. The fraction of sp³-hybridized carbons (Fsp3) is 0.513.